The summed E-state index contributed by atoms with van der Waals surface area (Å²) in [6.45, 7) is -1.36. The summed E-state index contributed by atoms with van der Waals surface area (Å²) in [5.41, 5.74) is 5.24. The second-order valence-electron chi connectivity index (χ2n) is 2.91. The van der Waals surface area contributed by atoms with E-state index in [1.807, 2.05) is 0 Å². The van der Waals surface area contributed by atoms with E-state index in [2.05, 4.69) is 4.74 Å². The molecule has 16 heavy (non-hydrogen) atoms. The summed E-state index contributed by atoms with van der Waals surface area (Å²) in [4.78, 5) is 10.8. The molecule has 0 aromatic heterocycles. The first-order valence-electron chi connectivity index (χ1n) is 4.08. The molecule has 7 heteroatoms. The van der Waals surface area contributed by atoms with Crippen LogP contribution in [0.25, 0.3) is 0 Å². The van der Waals surface area contributed by atoms with Crippen molar-refractivity contribution in [3.8, 4) is 5.75 Å². The molecule has 0 bridgehead atoms. The van der Waals surface area contributed by atoms with Gasteiger partial charge in [0.15, 0.2) is 6.61 Å². The summed E-state index contributed by atoms with van der Waals surface area (Å²) in [6, 6.07) is 3.97. The third-order valence-corrected chi connectivity index (χ3v) is 2.45. The van der Waals surface area contributed by atoms with Crippen LogP contribution in [0.4, 0.5) is 13.2 Å². The zero-order chi connectivity index (χ0) is 12.3. The second-order valence-corrected chi connectivity index (χ2v) is 4.08. The van der Waals surface area contributed by atoms with Crippen LogP contribution in [-0.2, 0) is 0 Å². The number of hydrogen-bond donors (Lipinski definition) is 1. The standard InChI is InChI=1S/C9H7F3INO2/c10-9(11,12)4-16-7-2-1-5(8(14)15)3-6(7)13/h1-3H,4H2,(H2,14,15). The molecule has 0 heterocycles. The third-order valence-electron chi connectivity index (χ3n) is 1.61. The van der Waals surface area contributed by atoms with Crippen molar-refractivity contribution in [1.82, 2.24) is 0 Å². The van der Waals surface area contributed by atoms with Gasteiger partial charge in [-0.3, -0.25) is 4.79 Å². The fourth-order valence-corrected chi connectivity index (χ4v) is 1.60. The van der Waals surface area contributed by atoms with E-state index in [0.717, 1.165) is 0 Å². The van der Waals surface area contributed by atoms with Gasteiger partial charge in [-0.2, -0.15) is 13.2 Å². The molecule has 1 rings (SSSR count). The number of rotatable bonds is 3. The van der Waals surface area contributed by atoms with Crippen molar-refractivity contribution in [3.05, 3.63) is 27.3 Å². The van der Waals surface area contributed by atoms with Crippen molar-refractivity contribution < 1.29 is 22.7 Å². The number of halogens is 4. The number of amides is 1. The predicted octanol–water partition coefficient (Wildman–Crippen LogP) is 2.33. The number of ether oxygens (including phenoxy) is 1. The van der Waals surface area contributed by atoms with Gasteiger partial charge in [-0.1, -0.05) is 0 Å². The molecule has 1 amide bonds. The highest BCUT2D eigenvalue weighted by atomic mass is 127. The van der Waals surface area contributed by atoms with Gasteiger partial charge in [0.1, 0.15) is 5.75 Å². The molecule has 0 aliphatic carbocycles. The molecule has 0 aliphatic rings. The van der Waals surface area contributed by atoms with Gasteiger partial charge < -0.3 is 10.5 Å². The fourth-order valence-electron chi connectivity index (χ4n) is 0.931. The highest BCUT2D eigenvalue weighted by molar-refractivity contribution is 14.1. The van der Waals surface area contributed by atoms with Crippen LogP contribution in [0.15, 0.2) is 18.2 Å². The Hall–Kier alpha value is -0.990. The number of carbonyl (C=O) groups is 1. The van der Waals surface area contributed by atoms with Crippen LogP contribution >= 0.6 is 22.6 Å². The Kier molecular flexibility index (Phi) is 4.00. The van der Waals surface area contributed by atoms with E-state index in [1.54, 1.807) is 22.6 Å². The molecule has 0 saturated heterocycles. The van der Waals surface area contributed by atoms with E-state index in [-0.39, 0.29) is 11.3 Å². The lowest BCUT2D eigenvalue weighted by Gasteiger charge is -2.10. The monoisotopic (exact) mass is 345 g/mol. The van der Waals surface area contributed by atoms with Crippen molar-refractivity contribution in [2.75, 3.05) is 6.61 Å². The Morgan fingerprint density at radius 3 is 2.50 bits per heavy atom. The Morgan fingerprint density at radius 1 is 1.44 bits per heavy atom. The van der Waals surface area contributed by atoms with E-state index in [4.69, 9.17) is 5.73 Å². The fraction of sp³-hybridized carbons (Fsp3) is 0.222. The van der Waals surface area contributed by atoms with Gasteiger partial charge in [0.25, 0.3) is 0 Å². The number of nitrogens with two attached hydrogens (primary N) is 1. The maximum Gasteiger partial charge on any atom is 0.422 e. The first-order chi connectivity index (χ1) is 7.29. The summed E-state index contributed by atoms with van der Waals surface area (Å²) in [6.07, 6.45) is -4.38. The molecule has 0 saturated carbocycles. The molecule has 3 nitrogen and oxygen atoms in total. The summed E-state index contributed by atoms with van der Waals surface area (Å²) >= 11 is 1.77. The minimum absolute atomic E-state index is 0.0722. The van der Waals surface area contributed by atoms with Gasteiger partial charge >= 0.3 is 6.18 Å². The molecular weight excluding hydrogens is 338 g/mol. The van der Waals surface area contributed by atoms with Crippen molar-refractivity contribution in [1.29, 1.82) is 0 Å². The number of primary amides is 1. The number of benzene rings is 1. The third kappa shape index (κ3) is 3.87. The normalized spacial score (nSPS) is 11.2. The lowest BCUT2D eigenvalue weighted by molar-refractivity contribution is -0.153. The highest BCUT2D eigenvalue weighted by Crippen LogP contribution is 2.24. The number of carbonyl (C=O) groups excluding carboxylic acids is 1. The molecule has 1 aromatic carbocycles. The molecule has 88 valence electrons. The largest absolute Gasteiger partial charge is 0.483 e. The lowest BCUT2D eigenvalue weighted by Crippen LogP contribution is -2.19. The van der Waals surface area contributed by atoms with Gasteiger partial charge in [0.05, 0.1) is 3.57 Å². The first-order valence-corrected chi connectivity index (χ1v) is 5.16. The quantitative estimate of drug-likeness (QED) is 0.855. The van der Waals surface area contributed by atoms with Gasteiger partial charge in [-0.05, 0) is 40.8 Å². The molecule has 2 N–H and O–H groups in total. The molecule has 0 spiro atoms. The van der Waals surface area contributed by atoms with Crippen molar-refractivity contribution >= 4 is 28.5 Å². The molecule has 0 atom stereocenters. The van der Waals surface area contributed by atoms with Crippen LogP contribution in [0.1, 0.15) is 10.4 Å². The zero-order valence-electron chi connectivity index (χ0n) is 7.84. The van der Waals surface area contributed by atoms with E-state index in [1.165, 1.54) is 18.2 Å². The number of alkyl halides is 3. The van der Waals surface area contributed by atoms with Gasteiger partial charge in [0, 0.05) is 5.56 Å². The first kappa shape index (κ1) is 13.1. The summed E-state index contributed by atoms with van der Waals surface area (Å²) in [7, 11) is 0. The van der Waals surface area contributed by atoms with Gasteiger partial charge in [-0.25, -0.2) is 0 Å². The second kappa shape index (κ2) is 4.89. The van der Waals surface area contributed by atoms with Crippen LogP contribution in [0.5, 0.6) is 5.75 Å². The Labute approximate surface area is 103 Å². The molecule has 0 unspecified atom stereocenters. The van der Waals surface area contributed by atoms with Crippen LogP contribution < -0.4 is 10.5 Å². The smallest absolute Gasteiger partial charge is 0.422 e. The molecule has 0 fully saturated rings. The molecule has 0 radical (unpaired) electrons. The molecule has 0 aliphatic heterocycles. The maximum absolute atomic E-state index is 11.9. The summed E-state index contributed by atoms with van der Waals surface area (Å²) in [5, 5.41) is 0. The van der Waals surface area contributed by atoms with E-state index in [9.17, 15) is 18.0 Å². The van der Waals surface area contributed by atoms with Crippen LogP contribution in [-0.4, -0.2) is 18.7 Å². The predicted molar refractivity (Wildman–Crippen MR) is 59.2 cm³/mol. The SMILES string of the molecule is NC(=O)c1ccc(OCC(F)(F)F)c(I)c1. The summed E-state index contributed by atoms with van der Waals surface area (Å²) in [5.74, 6) is -0.566. The zero-order valence-corrected chi connectivity index (χ0v) is 10.0. The Balaban J connectivity index is 2.80. The average molecular weight is 345 g/mol. The lowest BCUT2D eigenvalue weighted by atomic mass is 10.2. The minimum Gasteiger partial charge on any atom is -0.483 e. The van der Waals surface area contributed by atoms with E-state index in [0.29, 0.717) is 3.57 Å². The highest BCUT2D eigenvalue weighted by Gasteiger charge is 2.28. The van der Waals surface area contributed by atoms with E-state index >= 15 is 0 Å². The number of hydrogen-bond acceptors (Lipinski definition) is 2. The van der Waals surface area contributed by atoms with E-state index < -0.39 is 18.7 Å². The van der Waals surface area contributed by atoms with Crippen molar-refractivity contribution in [2.24, 2.45) is 5.73 Å². The minimum atomic E-state index is -4.38. The molecule has 1 aromatic rings. The topological polar surface area (TPSA) is 52.3 Å². The van der Waals surface area contributed by atoms with Gasteiger partial charge in [0.2, 0.25) is 5.91 Å². The van der Waals surface area contributed by atoms with Crippen LogP contribution in [0, 0.1) is 3.57 Å². The molecular formula is C9H7F3INO2. The van der Waals surface area contributed by atoms with Crippen LogP contribution in [0.2, 0.25) is 0 Å². The van der Waals surface area contributed by atoms with Crippen molar-refractivity contribution in [3.63, 3.8) is 0 Å². The van der Waals surface area contributed by atoms with Crippen molar-refractivity contribution in [2.45, 2.75) is 6.18 Å². The Bertz CT molecular complexity index is 406. The van der Waals surface area contributed by atoms with Crippen LogP contribution in [0.3, 0.4) is 0 Å². The van der Waals surface area contributed by atoms with Gasteiger partial charge in [-0.15, -0.1) is 0 Å². The maximum atomic E-state index is 11.9. The average Bonchev–Trinajstić information content (AvgIpc) is 2.14. The summed E-state index contributed by atoms with van der Waals surface area (Å²) < 4.78 is 40.6. The Morgan fingerprint density at radius 2 is 2.06 bits per heavy atom.